The topological polar surface area (TPSA) is 52.3 Å². The maximum absolute atomic E-state index is 11.3. The number of ketones is 1. The molecule has 2 rings (SSSR count). The number of Topliss-reactive ketones (excluding diaryl/α,β-unsaturated/α-hetero) is 1. The minimum Gasteiger partial charge on any atom is -0.483 e. The van der Waals surface area contributed by atoms with Gasteiger partial charge in [-0.15, -0.1) is 0 Å². The van der Waals surface area contributed by atoms with Gasteiger partial charge in [0.2, 0.25) is 0 Å². The van der Waals surface area contributed by atoms with Crippen LogP contribution in [0, 0.1) is 0 Å². The van der Waals surface area contributed by atoms with E-state index >= 15 is 0 Å². The highest BCUT2D eigenvalue weighted by atomic mass is 16.5. The Morgan fingerprint density at radius 3 is 2.73 bits per heavy atom. The fourth-order valence-electron chi connectivity index (χ4n) is 1.44. The summed E-state index contributed by atoms with van der Waals surface area (Å²) in [5, 5.41) is 0. The molecule has 0 aliphatic carbocycles. The van der Waals surface area contributed by atoms with Crippen molar-refractivity contribution in [2.24, 2.45) is 0 Å². The zero-order chi connectivity index (χ0) is 11.4. The first-order valence-corrected chi connectivity index (χ1v) is 5.24. The minimum atomic E-state index is -0.323. The number of ether oxygens (including phenoxy) is 1. The monoisotopic (exact) mass is 207 g/mol. The van der Waals surface area contributed by atoms with Gasteiger partial charge in [-0.2, -0.15) is 0 Å². The van der Waals surface area contributed by atoms with Gasteiger partial charge >= 0.3 is 0 Å². The normalized spacial score (nSPS) is 18.3. The van der Waals surface area contributed by atoms with Gasteiger partial charge in [0.05, 0.1) is 0 Å². The molecule has 1 unspecified atom stereocenters. The quantitative estimate of drug-likeness (QED) is 0.663. The summed E-state index contributed by atoms with van der Waals surface area (Å²) < 4.78 is 5.39. The van der Waals surface area contributed by atoms with Crippen molar-refractivity contribution in [3.63, 3.8) is 0 Å². The Labute approximate surface area is 90.2 Å². The fraction of sp³-hybridized carbons (Fsp3) is 0.417. The van der Waals surface area contributed by atoms with Crippen LogP contribution in [-0.4, -0.2) is 11.9 Å². The van der Waals surface area contributed by atoms with Crippen molar-refractivity contribution in [1.82, 2.24) is 0 Å². The Hall–Kier alpha value is -1.51. The van der Waals surface area contributed by atoms with Crippen LogP contribution in [0.5, 0.6) is 5.75 Å². The van der Waals surface area contributed by atoms with E-state index in [0.717, 1.165) is 11.3 Å². The standard InChI is InChI=1S/C10H11NO2.C2H6/c1-6-9(12)5-7-4-8(11)2-3-10(7)13-6;1-2/h2-4,6H,5,11H2,1H3;1-2H3. The van der Waals surface area contributed by atoms with Crippen molar-refractivity contribution < 1.29 is 9.53 Å². The maximum atomic E-state index is 11.3. The lowest BCUT2D eigenvalue weighted by molar-refractivity contribution is -0.125. The van der Waals surface area contributed by atoms with Gasteiger partial charge in [0.25, 0.3) is 0 Å². The summed E-state index contributed by atoms with van der Waals surface area (Å²) in [5.41, 5.74) is 7.16. The third kappa shape index (κ3) is 2.49. The second-order valence-electron chi connectivity index (χ2n) is 3.27. The molecule has 1 atom stereocenters. The number of carbonyl (C=O) groups is 1. The molecule has 0 amide bonds. The van der Waals surface area contributed by atoms with Crippen LogP contribution in [-0.2, 0) is 11.2 Å². The van der Waals surface area contributed by atoms with E-state index in [0.29, 0.717) is 12.1 Å². The van der Waals surface area contributed by atoms with Crippen molar-refractivity contribution in [3.8, 4) is 5.75 Å². The van der Waals surface area contributed by atoms with Crippen LogP contribution >= 0.6 is 0 Å². The molecule has 1 heterocycles. The third-order valence-electron chi connectivity index (χ3n) is 2.21. The van der Waals surface area contributed by atoms with Crippen LogP contribution in [0.1, 0.15) is 26.3 Å². The van der Waals surface area contributed by atoms with Crippen molar-refractivity contribution in [2.45, 2.75) is 33.3 Å². The molecule has 1 aromatic rings. The van der Waals surface area contributed by atoms with Gasteiger partial charge < -0.3 is 10.5 Å². The molecule has 0 radical (unpaired) electrons. The molecular formula is C12H17NO2. The first-order chi connectivity index (χ1) is 7.16. The zero-order valence-corrected chi connectivity index (χ0v) is 9.41. The summed E-state index contributed by atoms with van der Waals surface area (Å²) >= 11 is 0. The van der Waals surface area contributed by atoms with Crippen LogP contribution in [0.25, 0.3) is 0 Å². The first-order valence-electron chi connectivity index (χ1n) is 5.24. The number of nitrogen functional groups attached to an aromatic ring is 1. The lowest BCUT2D eigenvalue weighted by Gasteiger charge is -2.22. The molecule has 2 N–H and O–H groups in total. The molecule has 82 valence electrons. The fourth-order valence-corrected chi connectivity index (χ4v) is 1.44. The lowest BCUT2D eigenvalue weighted by Crippen LogP contribution is -2.30. The van der Waals surface area contributed by atoms with Gasteiger partial charge in [-0.1, -0.05) is 13.8 Å². The number of carbonyl (C=O) groups excluding carboxylic acids is 1. The SMILES string of the molecule is CC.CC1Oc2ccc(N)cc2CC1=O. The molecule has 1 aromatic carbocycles. The van der Waals surface area contributed by atoms with Gasteiger partial charge in [0, 0.05) is 17.7 Å². The molecule has 0 bridgehead atoms. The van der Waals surface area contributed by atoms with Crippen LogP contribution in [0.4, 0.5) is 5.69 Å². The Kier molecular flexibility index (Phi) is 3.72. The van der Waals surface area contributed by atoms with Crippen LogP contribution in [0.15, 0.2) is 18.2 Å². The van der Waals surface area contributed by atoms with Gasteiger partial charge in [0.15, 0.2) is 11.9 Å². The molecule has 0 fully saturated rings. The Bertz CT molecular complexity index is 361. The van der Waals surface area contributed by atoms with Crippen LogP contribution in [0.3, 0.4) is 0 Å². The molecule has 0 spiro atoms. The van der Waals surface area contributed by atoms with Gasteiger partial charge in [-0.25, -0.2) is 0 Å². The average molecular weight is 207 g/mol. The molecule has 1 aliphatic rings. The van der Waals surface area contributed by atoms with E-state index < -0.39 is 0 Å². The Morgan fingerprint density at radius 1 is 1.40 bits per heavy atom. The zero-order valence-electron chi connectivity index (χ0n) is 9.41. The number of hydrogen-bond acceptors (Lipinski definition) is 3. The van der Waals surface area contributed by atoms with Crippen LogP contribution < -0.4 is 10.5 Å². The highest BCUT2D eigenvalue weighted by Gasteiger charge is 2.23. The largest absolute Gasteiger partial charge is 0.483 e. The van der Waals surface area contributed by atoms with E-state index in [4.69, 9.17) is 10.5 Å². The molecular weight excluding hydrogens is 190 g/mol. The molecule has 0 saturated heterocycles. The van der Waals surface area contributed by atoms with E-state index in [-0.39, 0.29) is 11.9 Å². The van der Waals surface area contributed by atoms with E-state index in [2.05, 4.69) is 0 Å². The highest BCUT2D eigenvalue weighted by Crippen LogP contribution is 2.27. The average Bonchev–Trinajstić information content (AvgIpc) is 2.23. The van der Waals surface area contributed by atoms with E-state index in [1.165, 1.54) is 0 Å². The summed E-state index contributed by atoms with van der Waals surface area (Å²) in [6.45, 7) is 5.77. The van der Waals surface area contributed by atoms with E-state index in [1.807, 2.05) is 19.9 Å². The summed E-state index contributed by atoms with van der Waals surface area (Å²) in [6.07, 6.45) is 0.109. The maximum Gasteiger partial charge on any atom is 0.177 e. The minimum absolute atomic E-state index is 0.109. The van der Waals surface area contributed by atoms with Crippen molar-refractivity contribution in [3.05, 3.63) is 23.8 Å². The summed E-state index contributed by atoms with van der Waals surface area (Å²) in [7, 11) is 0. The van der Waals surface area contributed by atoms with Gasteiger partial charge in [-0.05, 0) is 25.1 Å². The smallest absolute Gasteiger partial charge is 0.177 e. The number of nitrogens with two attached hydrogens (primary N) is 1. The van der Waals surface area contributed by atoms with Crippen molar-refractivity contribution >= 4 is 11.5 Å². The lowest BCUT2D eigenvalue weighted by atomic mass is 10.0. The second kappa shape index (κ2) is 4.82. The predicted octanol–water partition coefficient (Wildman–Crippen LogP) is 2.19. The number of hydrogen-bond donors (Lipinski definition) is 1. The Balaban J connectivity index is 0.000000531. The van der Waals surface area contributed by atoms with Crippen molar-refractivity contribution in [1.29, 1.82) is 0 Å². The molecule has 1 aliphatic heterocycles. The molecule has 0 saturated carbocycles. The Morgan fingerprint density at radius 2 is 2.07 bits per heavy atom. The molecule has 3 heteroatoms. The van der Waals surface area contributed by atoms with E-state index in [9.17, 15) is 4.79 Å². The predicted molar refractivity (Wildman–Crippen MR) is 61.0 cm³/mol. The summed E-state index contributed by atoms with van der Waals surface area (Å²) in [5.74, 6) is 0.888. The summed E-state index contributed by atoms with van der Waals surface area (Å²) in [4.78, 5) is 11.3. The van der Waals surface area contributed by atoms with Crippen LogP contribution in [0.2, 0.25) is 0 Å². The second-order valence-corrected chi connectivity index (χ2v) is 3.27. The first kappa shape index (κ1) is 11.6. The summed E-state index contributed by atoms with van der Waals surface area (Å²) in [6, 6.07) is 5.38. The highest BCUT2D eigenvalue weighted by molar-refractivity contribution is 5.87. The van der Waals surface area contributed by atoms with Gasteiger partial charge in [-0.3, -0.25) is 4.79 Å². The number of rotatable bonds is 0. The van der Waals surface area contributed by atoms with Crippen molar-refractivity contribution in [2.75, 3.05) is 5.73 Å². The number of benzene rings is 1. The molecule has 15 heavy (non-hydrogen) atoms. The third-order valence-corrected chi connectivity index (χ3v) is 2.21. The number of anilines is 1. The van der Waals surface area contributed by atoms with E-state index in [1.54, 1.807) is 19.1 Å². The van der Waals surface area contributed by atoms with Gasteiger partial charge in [0.1, 0.15) is 5.75 Å². The molecule has 3 nitrogen and oxygen atoms in total. The number of fused-ring (bicyclic) bond motifs is 1. The molecule has 0 aromatic heterocycles.